The van der Waals surface area contributed by atoms with Crippen LogP contribution in [0.1, 0.15) is 48.5 Å². The van der Waals surface area contributed by atoms with Crippen molar-refractivity contribution in [1.29, 1.82) is 0 Å². The van der Waals surface area contributed by atoms with E-state index in [4.69, 9.17) is 14.2 Å². The summed E-state index contributed by atoms with van der Waals surface area (Å²) in [5, 5.41) is 22.8. The number of fused-ring (bicyclic) bond motifs is 1. The number of benzene rings is 2. The van der Waals surface area contributed by atoms with Crippen LogP contribution < -0.4 is 16.1 Å². The number of aliphatic hydroxyl groups excluding tert-OH is 1. The number of aryl methyl sites for hydroxylation is 1. The number of amides is 2. The van der Waals surface area contributed by atoms with Crippen molar-refractivity contribution in [3.05, 3.63) is 87.9 Å². The lowest BCUT2D eigenvalue weighted by Crippen LogP contribution is -2.56. The number of rotatable bonds is 16. The third-order valence-electron chi connectivity index (χ3n) is 8.88. The molecule has 12 heteroatoms. The fourth-order valence-electron chi connectivity index (χ4n) is 6.38. The van der Waals surface area contributed by atoms with Crippen LogP contribution >= 0.6 is 11.3 Å². The fourth-order valence-corrected chi connectivity index (χ4v) is 6.98. The van der Waals surface area contributed by atoms with Crippen LogP contribution in [0, 0.1) is 18.8 Å². The number of ether oxygens (including phenoxy) is 3. The highest BCUT2D eigenvalue weighted by Gasteiger charge is 2.44. The SMILES string of the molecule is Cc1nc(CN(C)N[C@H](C(=O)N[C@@H](Cc2ccccc2)C[C@H](O)[C@H](Cc2ccccc2)NC(=O)O[C@@H]2COC3OCCC32)C(C)C)cs1. The minimum absolute atomic E-state index is 0.00546. The van der Waals surface area contributed by atoms with Crippen molar-refractivity contribution in [1.82, 2.24) is 26.1 Å². The van der Waals surface area contributed by atoms with Crippen molar-refractivity contribution < 1.29 is 28.9 Å². The van der Waals surface area contributed by atoms with Crippen molar-refractivity contribution in [2.24, 2.45) is 11.8 Å². The summed E-state index contributed by atoms with van der Waals surface area (Å²) >= 11 is 1.60. The number of aromatic nitrogens is 1. The van der Waals surface area contributed by atoms with Crippen LogP contribution in [0.2, 0.25) is 0 Å². The maximum Gasteiger partial charge on any atom is 0.407 e. The molecule has 2 unspecified atom stereocenters. The summed E-state index contributed by atoms with van der Waals surface area (Å²) in [4.78, 5) is 31.6. The predicted molar refractivity (Wildman–Crippen MR) is 184 cm³/mol. The molecule has 4 N–H and O–H groups in total. The number of hydrazine groups is 1. The number of nitrogens with zero attached hydrogens (tertiary/aromatic N) is 2. The number of aliphatic hydroxyl groups is 1. The Bertz CT molecular complexity index is 1440. The van der Waals surface area contributed by atoms with Crippen LogP contribution in [0.5, 0.6) is 0 Å². The minimum atomic E-state index is -0.991. The number of carbonyl (C=O) groups excluding carboxylic acids is 2. The molecule has 1 aromatic heterocycles. The van der Waals surface area contributed by atoms with E-state index in [1.54, 1.807) is 11.3 Å². The zero-order chi connectivity index (χ0) is 34.0. The second-order valence-corrected chi connectivity index (χ2v) is 14.2. The predicted octanol–water partition coefficient (Wildman–Crippen LogP) is 3.99. The zero-order valence-electron chi connectivity index (χ0n) is 28.2. The maximum absolute atomic E-state index is 13.9. The van der Waals surface area contributed by atoms with Crippen LogP contribution in [-0.4, -0.2) is 84.0 Å². The molecular weight excluding hydrogens is 630 g/mol. The first-order valence-electron chi connectivity index (χ1n) is 16.8. The van der Waals surface area contributed by atoms with Gasteiger partial charge in [-0.25, -0.2) is 20.2 Å². The van der Waals surface area contributed by atoms with Crippen LogP contribution in [-0.2, 0) is 38.4 Å². The number of hydrogen-bond acceptors (Lipinski definition) is 10. The summed E-state index contributed by atoms with van der Waals surface area (Å²) in [6, 6.07) is 18.0. The lowest BCUT2D eigenvalue weighted by atomic mass is 9.93. The first-order chi connectivity index (χ1) is 23.1. The van der Waals surface area contributed by atoms with E-state index in [-0.39, 0.29) is 37.1 Å². The van der Waals surface area contributed by atoms with E-state index >= 15 is 0 Å². The summed E-state index contributed by atoms with van der Waals surface area (Å²) in [7, 11) is 1.90. The van der Waals surface area contributed by atoms with Crippen molar-refractivity contribution in [3.63, 3.8) is 0 Å². The van der Waals surface area contributed by atoms with E-state index in [2.05, 4.69) is 21.0 Å². The summed E-state index contributed by atoms with van der Waals surface area (Å²) in [5.74, 6) is -0.175. The molecule has 2 aliphatic rings. The molecule has 2 fully saturated rings. The first-order valence-corrected chi connectivity index (χ1v) is 17.7. The van der Waals surface area contributed by atoms with Gasteiger partial charge < -0.3 is 30.0 Å². The molecule has 0 aliphatic carbocycles. The normalized spacial score (nSPS) is 21.4. The van der Waals surface area contributed by atoms with Gasteiger partial charge in [-0.2, -0.15) is 0 Å². The fraction of sp³-hybridized carbons (Fsp3) is 0.528. The topological polar surface area (TPSA) is 134 Å². The monoisotopic (exact) mass is 679 g/mol. The lowest BCUT2D eigenvalue weighted by molar-refractivity contribution is -0.126. The Balaban J connectivity index is 1.28. The highest BCUT2D eigenvalue weighted by Crippen LogP contribution is 2.33. The van der Waals surface area contributed by atoms with Crippen LogP contribution in [0.3, 0.4) is 0 Å². The average molecular weight is 680 g/mol. The van der Waals surface area contributed by atoms with Crippen molar-refractivity contribution >= 4 is 23.3 Å². The molecule has 5 rings (SSSR count). The third kappa shape index (κ3) is 10.3. The smallest absolute Gasteiger partial charge is 0.407 e. The van der Waals surface area contributed by atoms with E-state index in [0.29, 0.717) is 26.0 Å². The Hall–Kier alpha value is -3.39. The molecule has 0 spiro atoms. The van der Waals surface area contributed by atoms with Gasteiger partial charge in [-0.3, -0.25) is 4.79 Å². The summed E-state index contributed by atoms with van der Waals surface area (Å²) in [6.07, 6.45) is -0.470. The zero-order valence-corrected chi connectivity index (χ0v) is 29.0. The number of thiazole rings is 1. The van der Waals surface area contributed by atoms with Crippen LogP contribution in [0.4, 0.5) is 4.79 Å². The quantitative estimate of drug-likeness (QED) is 0.166. The van der Waals surface area contributed by atoms with Gasteiger partial charge in [-0.1, -0.05) is 74.5 Å². The molecule has 11 nitrogen and oxygen atoms in total. The average Bonchev–Trinajstić information content (AvgIpc) is 3.79. The Labute approximate surface area is 287 Å². The first kappa shape index (κ1) is 35.9. The summed E-state index contributed by atoms with van der Waals surface area (Å²) in [6.45, 7) is 7.39. The van der Waals surface area contributed by atoms with Gasteiger partial charge in [-0.15, -0.1) is 11.3 Å². The molecule has 2 aliphatic heterocycles. The Kier molecular flexibility index (Phi) is 13.0. The molecule has 0 radical (unpaired) electrons. The van der Waals surface area contributed by atoms with E-state index in [9.17, 15) is 14.7 Å². The summed E-state index contributed by atoms with van der Waals surface area (Å²) < 4.78 is 17.0. The van der Waals surface area contributed by atoms with E-state index in [1.165, 1.54) is 0 Å². The molecule has 2 saturated heterocycles. The second-order valence-electron chi connectivity index (χ2n) is 13.2. The standard InChI is InChI=1S/C36H49N5O6S/c1-23(2)33(40-41(4)20-28-22-48-24(3)37-28)34(43)38-27(17-25-11-7-5-8-12-25)19-31(42)30(18-26-13-9-6-10-14-26)39-36(44)47-32-21-46-35-29(32)15-16-45-35/h5-14,22-23,27,29-33,35,40,42H,15-21H2,1-4H3,(H,38,43)(H,39,44)/t27-,29?,30-,31-,32+,33-,35?/m0/s1. The molecule has 3 heterocycles. The van der Waals surface area contributed by atoms with E-state index in [1.807, 2.05) is 98.9 Å². The van der Waals surface area contributed by atoms with Gasteiger partial charge in [0.2, 0.25) is 5.91 Å². The molecule has 2 amide bonds. The molecule has 260 valence electrons. The van der Waals surface area contributed by atoms with Gasteiger partial charge in [0.25, 0.3) is 0 Å². The van der Waals surface area contributed by atoms with E-state index < -0.39 is 36.4 Å². The van der Waals surface area contributed by atoms with Gasteiger partial charge >= 0.3 is 6.09 Å². The molecule has 7 atom stereocenters. The number of nitrogens with one attached hydrogen (secondary N) is 3. The minimum Gasteiger partial charge on any atom is -0.443 e. The van der Waals surface area contributed by atoms with Gasteiger partial charge in [0.15, 0.2) is 6.29 Å². The highest BCUT2D eigenvalue weighted by atomic mass is 32.1. The van der Waals surface area contributed by atoms with Crippen molar-refractivity contribution in [2.45, 2.75) is 89.6 Å². The largest absolute Gasteiger partial charge is 0.443 e. The molecule has 0 saturated carbocycles. The van der Waals surface area contributed by atoms with E-state index in [0.717, 1.165) is 28.2 Å². The van der Waals surface area contributed by atoms with Crippen molar-refractivity contribution in [3.8, 4) is 0 Å². The molecule has 2 aromatic carbocycles. The number of hydrogen-bond donors (Lipinski definition) is 4. The van der Waals surface area contributed by atoms with Gasteiger partial charge in [0, 0.05) is 18.5 Å². The van der Waals surface area contributed by atoms with Gasteiger partial charge in [0.05, 0.1) is 48.5 Å². The number of carbonyl (C=O) groups is 2. The molecule has 48 heavy (non-hydrogen) atoms. The van der Waals surface area contributed by atoms with Gasteiger partial charge in [-0.05, 0) is 49.7 Å². The van der Waals surface area contributed by atoms with Gasteiger partial charge in [0.1, 0.15) is 12.1 Å². The van der Waals surface area contributed by atoms with Crippen LogP contribution in [0.15, 0.2) is 66.0 Å². The second kappa shape index (κ2) is 17.3. The molecule has 3 aromatic rings. The van der Waals surface area contributed by atoms with Crippen LogP contribution in [0.25, 0.3) is 0 Å². The highest BCUT2D eigenvalue weighted by molar-refractivity contribution is 7.09. The Morgan fingerprint density at radius 1 is 1.04 bits per heavy atom. The summed E-state index contributed by atoms with van der Waals surface area (Å²) in [5.41, 5.74) is 6.29. The Morgan fingerprint density at radius 3 is 2.38 bits per heavy atom. The third-order valence-corrected chi connectivity index (χ3v) is 9.70. The van der Waals surface area contributed by atoms with Crippen molar-refractivity contribution in [2.75, 3.05) is 20.3 Å². The molecular formula is C36H49N5O6S. The maximum atomic E-state index is 13.9. The lowest BCUT2D eigenvalue weighted by Gasteiger charge is -2.31. The molecule has 0 bridgehead atoms. The number of alkyl carbamates (subject to hydrolysis) is 1. The Morgan fingerprint density at radius 2 is 1.73 bits per heavy atom.